The number of thioether (sulfide) groups is 1. The van der Waals surface area contributed by atoms with Crippen LogP contribution in [0.15, 0.2) is 47.5 Å². The zero-order valence-corrected chi connectivity index (χ0v) is 24.0. The molecule has 0 radical (unpaired) electrons. The van der Waals surface area contributed by atoms with Crippen LogP contribution in [0.1, 0.15) is 51.0 Å². The van der Waals surface area contributed by atoms with E-state index in [4.69, 9.17) is 20.7 Å². The van der Waals surface area contributed by atoms with Crippen LogP contribution >= 0.6 is 11.8 Å². The minimum absolute atomic E-state index is 0.0400. The van der Waals surface area contributed by atoms with Gasteiger partial charge in [0.25, 0.3) is 0 Å². The quantitative estimate of drug-likeness (QED) is 0.0880. The van der Waals surface area contributed by atoms with Crippen molar-refractivity contribution >= 4 is 41.5 Å². The number of carboxylic acids is 2. The zero-order valence-electron chi connectivity index (χ0n) is 23.2. The summed E-state index contributed by atoms with van der Waals surface area (Å²) in [5.41, 5.74) is 8.57. The lowest BCUT2D eigenvalue weighted by Crippen LogP contribution is -2.53. The average Bonchev–Trinajstić information content (AvgIpc) is 3.28. The van der Waals surface area contributed by atoms with Crippen molar-refractivity contribution in [2.24, 2.45) is 11.7 Å². The first-order valence-corrected chi connectivity index (χ1v) is 14.7. The second-order valence-electron chi connectivity index (χ2n) is 10.1. The summed E-state index contributed by atoms with van der Waals surface area (Å²) in [6.45, 7) is 1.96. The van der Waals surface area contributed by atoms with Gasteiger partial charge in [-0.25, -0.2) is 4.79 Å². The van der Waals surface area contributed by atoms with Crippen LogP contribution in [0.5, 0.6) is 0 Å². The number of amides is 2. The van der Waals surface area contributed by atoms with E-state index in [1.165, 1.54) is 11.8 Å². The molecule has 1 aromatic heterocycles. The molecule has 2 amide bonds. The van der Waals surface area contributed by atoms with Crippen molar-refractivity contribution in [3.63, 3.8) is 0 Å². The highest BCUT2D eigenvalue weighted by Gasteiger charge is 2.40. The van der Waals surface area contributed by atoms with Crippen LogP contribution in [0.25, 0.3) is 0 Å². The first-order valence-electron chi connectivity index (χ1n) is 13.6. The van der Waals surface area contributed by atoms with Gasteiger partial charge in [0.15, 0.2) is 0 Å². The number of nitrogens with two attached hydrogens (primary N) is 1. The molecule has 2 aliphatic rings. The Bertz CT molecular complexity index is 1240. The number of carbonyl (C=O) groups excluding carboxylic acids is 3. The Morgan fingerprint density at radius 3 is 2.48 bits per heavy atom. The van der Waals surface area contributed by atoms with Crippen LogP contribution in [0, 0.1) is 5.92 Å². The maximum atomic E-state index is 12.9. The third kappa shape index (κ3) is 9.13. The van der Waals surface area contributed by atoms with Crippen molar-refractivity contribution in [2.75, 3.05) is 5.75 Å². The molecule has 14 heteroatoms. The molecular weight excluding hydrogens is 568 g/mol. The highest BCUT2D eigenvalue weighted by Crippen LogP contribution is 2.42. The summed E-state index contributed by atoms with van der Waals surface area (Å²) in [6.07, 6.45) is 6.18. The molecular formula is C28H36N4O9S. The van der Waals surface area contributed by atoms with Gasteiger partial charge >= 0.3 is 17.9 Å². The molecule has 2 heterocycles. The maximum absolute atomic E-state index is 12.9. The van der Waals surface area contributed by atoms with Crippen molar-refractivity contribution in [3.8, 4) is 0 Å². The summed E-state index contributed by atoms with van der Waals surface area (Å²) in [4.78, 5) is 64.3. The third-order valence-corrected chi connectivity index (χ3v) is 8.30. The number of ether oxygens (including phenoxy) is 1. The number of hydrogen-bond acceptors (Lipinski definition) is 10. The van der Waals surface area contributed by atoms with Crippen LogP contribution in [0.3, 0.4) is 0 Å². The summed E-state index contributed by atoms with van der Waals surface area (Å²) < 4.78 is 5.77. The molecule has 0 saturated carbocycles. The van der Waals surface area contributed by atoms with Gasteiger partial charge < -0.3 is 36.4 Å². The van der Waals surface area contributed by atoms with Crippen molar-refractivity contribution in [1.82, 2.24) is 15.6 Å². The summed E-state index contributed by atoms with van der Waals surface area (Å²) >= 11 is 1.26. The fourth-order valence-electron chi connectivity index (χ4n) is 4.70. The average molecular weight is 605 g/mol. The standard InChI is InChI=1S/C28H36N4O9S/c1-2-3-21(23-17-5-4-16(13-18(17)28(40)41-23)12-15-8-10-30-11-9-15)42-14-20(24(34)32-25(35)27(38)39)31-22(33)7-6-19(29)26(36)37/h8-11,13,18-21,25,35H,2-7,12,14,29H2,1H3,(H,31,33)(H,32,34)(H,36,37)(H,38,39)/t18-,19+,20+,21-,25+/m1/s1. The lowest BCUT2D eigenvalue weighted by atomic mass is 9.83. The normalized spacial score (nSPS) is 19.1. The molecule has 1 aliphatic heterocycles. The number of carboxylic acid groups (broad SMARTS) is 2. The van der Waals surface area contributed by atoms with Crippen LogP contribution in [0.2, 0.25) is 0 Å². The van der Waals surface area contributed by atoms with Crippen molar-refractivity contribution in [3.05, 3.63) is 53.1 Å². The smallest absolute Gasteiger partial charge is 0.353 e. The Morgan fingerprint density at radius 2 is 1.83 bits per heavy atom. The summed E-state index contributed by atoms with van der Waals surface area (Å²) in [5.74, 6) is -4.92. The Kier molecular flexibility index (Phi) is 12.1. The molecule has 7 N–H and O–H groups in total. The number of hydrogen-bond donors (Lipinski definition) is 6. The second kappa shape index (κ2) is 15.5. The molecule has 13 nitrogen and oxygen atoms in total. The van der Waals surface area contributed by atoms with Gasteiger partial charge in [-0.2, -0.15) is 0 Å². The molecule has 0 bridgehead atoms. The minimum Gasteiger partial charge on any atom is -0.480 e. The molecule has 0 aromatic carbocycles. The van der Waals surface area contributed by atoms with Crippen molar-refractivity contribution in [1.29, 1.82) is 0 Å². The summed E-state index contributed by atoms with van der Waals surface area (Å²) in [7, 11) is 0. The second-order valence-corrected chi connectivity index (χ2v) is 11.3. The van der Waals surface area contributed by atoms with Crippen molar-refractivity contribution < 1.29 is 44.0 Å². The lowest BCUT2D eigenvalue weighted by molar-refractivity contribution is -0.151. The number of aliphatic hydroxyl groups excluding tert-OH is 1. The molecule has 0 saturated heterocycles. The van der Waals surface area contributed by atoms with Gasteiger partial charge in [-0.1, -0.05) is 25.0 Å². The Morgan fingerprint density at radius 1 is 1.12 bits per heavy atom. The van der Waals surface area contributed by atoms with Crippen LogP contribution in [0.4, 0.5) is 0 Å². The molecule has 3 rings (SSSR count). The number of rotatable bonds is 16. The van der Waals surface area contributed by atoms with Gasteiger partial charge in [0.2, 0.25) is 18.0 Å². The number of pyridine rings is 1. The van der Waals surface area contributed by atoms with Gasteiger partial charge in [0, 0.05) is 24.6 Å². The summed E-state index contributed by atoms with van der Waals surface area (Å²) in [6, 6.07) is 1.32. The van der Waals surface area contributed by atoms with Gasteiger partial charge in [-0.05, 0) is 55.4 Å². The molecule has 42 heavy (non-hydrogen) atoms. The van der Waals surface area contributed by atoms with Crippen molar-refractivity contribution in [2.45, 2.75) is 75.4 Å². The topological polar surface area (TPSA) is 218 Å². The number of aromatic nitrogens is 1. The van der Waals surface area contributed by atoms with E-state index in [1.54, 1.807) is 12.4 Å². The van der Waals surface area contributed by atoms with Crippen LogP contribution in [-0.2, 0) is 35.1 Å². The molecule has 0 unspecified atom stereocenters. The van der Waals surface area contributed by atoms with E-state index in [9.17, 15) is 29.1 Å². The molecule has 1 aromatic rings. The number of nitrogens with one attached hydrogen (secondary N) is 2. The predicted molar refractivity (Wildman–Crippen MR) is 152 cm³/mol. The molecule has 0 spiro atoms. The zero-order chi connectivity index (χ0) is 30.8. The van der Waals surface area contributed by atoms with Crippen LogP contribution in [-0.4, -0.2) is 79.3 Å². The predicted octanol–water partition coefficient (Wildman–Crippen LogP) is 0.869. The molecule has 5 atom stereocenters. The number of nitrogens with zero attached hydrogens (tertiary/aromatic N) is 1. The van der Waals surface area contributed by atoms with Gasteiger partial charge in [0.05, 0.1) is 5.25 Å². The number of carbonyl (C=O) groups is 5. The van der Waals surface area contributed by atoms with Crippen LogP contribution < -0.4 is 16.4 Å². The summed E-state index contributed by atoms with van der Waals surface area (Å²) in [5, 5.41) is 31.6. The number of esters is 1. The van der Waals surface area contributed by atoms with E-state index in [2.05, 4.69) is 10.3 Å². The van der Waals surface area contributed by atoms with E-state index >= 15 is 0 Å². The maximum Gasteiger partial charge on any atom is 0.353 e. The van der Waals surface area contributed by atoms with Gasteiger partial charge in [0.1, 0.15) is 23.8 Å². The minimum atomic E-state index is -2.19. The number of allylic oxidation sites excluding steroid dienone is 1. The Balaban J connectivity index is 1.74. The van der Waals surface area contributed by atoms with E-state index in [1.807, 2.05) is 30.4 Å². The lowest BCUT2D eigenvalue weighted by Gasteiger charge is -2.24. The Hall–Kier alpha value is -3.75. The molecule has 1 aliphatic carbocycles. The van der Waals surface area contributed by atoms with E-state index < -0.39 is 48.0 Å². The fraction of sp³-hybridized carbons (Fsp3) is 0.500. The van der Waals surface area contributed by atoms with Gasteiger partial charge in [-0.3, -0.25) is 24.2 Å². The monoisotopic (exact) mass is 604 g/mol. The highest BCUT2D eigenvalue weighted by molar-refractivity contribution is 8.00. The van der Waals surface area contributed by atoms with E-state index in [0.29, 0.717) is 25.0 Å². The fourth-order valence-corrected chi connectivity index (χ4v) is 6.11. The third-order valence-electron chi connectivity index (χ3n) is 6.93. The number of fused-ring (bicyclic) bond motifs is 1. The van der Waals surface area contributed by atoms with Gasteiger partial charge in [-0.15, -0.1) is 11.8 Å². The molecule has 228 valence electrons. The number of aliphatic carboxylic acids is 2. The first-order chi connectivity index (χ1) is 20.0. The Labute approximate surface area is 247 Å². The highest BCUT2D eigenvalue weighted by atomic mass is 32.2. The van der Waals surface area contributed by atoms with E-state index in [-0.39, 0.29) is 29.8 Å². The number of aliphatic hydroxyl groups is 1. The largest absolute Gasteiger partial charge is 0.480 e. The molecule has 0 fully saturated rings. The SMILES string of the molecule is CCC[C@@H](SC[C@H](NC(=O)CC[C@H](N)C(=O)O)C(=O)N[C@@H](O)C(=O)O)C1=C2CCC(Cc3ccncc3)=C[C@H]2C(=O)O1. The first kappa shape index (κ1) is 32.8. The number of cyclic esters (lactones) is 1. The van der Waals surface area contributed by atoms with E-state index in [0.717, 1.165) is 29.6 Å².